The summed E-state index contributed by atoms with van der Waals surface area (Å²) < 4.78 is 24.5. The summed E-state index contributed by atoms with van der Waals surface area (Å²) in [6, 6.07) is 6.09. The zero-order valence-electron chi connectivity index (χ0n) is 8.48. The molecule has 5 nitrogen and oxygen atoms in total. The van der Waals surface area contributed by atoms with Crippen molar-refractivity contribution in [2.45, 2.75) is 16.7 Å². The number of carbonyl (C=O) groups is 1. The van der Waals surface area contributed by atoms with Crippen molar-refractivity contribution in [1.82, 2.24) is 0 Å². The minimum absolute atomic E-state index is 0.0567. The van der Waals surface area contributed by atoms with Crippen LogP contribution in [0.2, 0.25) is 0 Å². The Hall–Kier alpha value is -0.920. The van der Waals surface area contributed by atoms with Gasteiger partial charge in [0.25, 0.3) is 5.91 Å². The Balaban J connectivity index is 3.45. The Bertz CT molecular complexity index is 525. The number of amides is 1. The predicted molar refractivity (Wildman–Crippen MR) is 63.1 cm³/mol. The van der Waals surface area contributed by atoms with Gasteiger partial charge in [0.05, 0.1) is 4.90 Å². The topological polar surface area (TPSA) is 103 Å². The second kappa shape index (κ2) is 4.15. The van der Waals surface area contributed by atoms with Crippen molar-refractivity contribution in [1.29, 1.82) is 0 Å². The molecule has 0 spiro atoms. The summed E-state index contributed by atoms with van der Waals surface area (Å²) in [4.78, 5) is 8.87. The van der Waals surface area contributed by atoms with Gasteiger partial charge in [0.2, 0.25) is 9.84 Å². The van der Waals surface area contributed by atoms with E-state index in [-0.39, 0.29) is 4.90 Å². The number of hydrogen-bond donors (Lipinski definition) is 2. The van der Waals surface area contributed by atoms with Crippen molar-refractivity contribution in [2.24, 2.45) is 11.5 Å². The Morgan fingerprint density at radius 1 is 1.38 bits per heavy atom. The lowest BCUT2D eigenvalue weighted by Crippen LogP contribution is -2.55. The normalized spacial score (nSPS) is 15.4. The number of hydrogen-bond acceptors (Lipinski definition) is 4. The van der Waals surface area contributed by atoms with Gasteiger partial charge < -0.3 is 11.5 Å². The van der Waals surface area contributed by atoms with Gasteiger partial charge in [0.1, 0.15) is 0 Å². The molecule has 0 aromatic heterocycles. The van der Waals surface area contributed by atoms with Gasteiger partial charge in [-0.3, -0.25) is 4.79 Å². The van der Waals surface area contributed by atoms with Crippen LogP contribution in [-0.4, -0.2) is 19.2 Å². The van der Waals surface area contributed by atoms with Gasteiger partial charge in [-0.15, -0.1) is 0 Å². The van der Waals surface area contributed by atoms with E-state index in [1.807, 2.05) is 0 Å². The Morgan fingerprint density at radius 2 is 1.88 bits per heavy atom. The third kappa shape index (κ3) is 1.98. The number of nitrogens with two attached hydrogens (primary N) is 2. The van der Waals surface area contributed by atoms with Gasteiger partial charge in [-0.1, -0.05) is 12.1 Å². The van der Waals surface area contributed by atoms with Crippen LogP contribution in [0.3, 0.4) is 0 Å². The van der Waals surface area contributed by atoms with Crippen molar-refractivity contribution in [3.05, 3.63) is 28.7 Å². The summed E-state index contributed by atoms with van der Waals surface area (Å²) in [5.41, 5.74) is 10.4. The van der Waals surface area contributed by atoms with Crippen LogP contribution < -0.4 is 11.5 Å². The first-order chi connectivity index (χ1) is 7.21. The van der Waals surface area contributed by atoms with Crippen molar-refractivity contribution in [2.75, 3.05) is 0 Å². The van der Waals surface area contributed by atoms with Crippen molar-refractivity contribution < 1.29 is 13.2 Å². The summed E-state index contributed by atoms with van der Waals surface area (Å²) in [6.07, 6.45) is 0. The van der Waals surface area contributed by atoms with Crippen LogP contribution in [0.25, 0.3) is 0 Å². The minimum atomic E-state index is -4.01. The van der Waals surface area contributed by atoms with Crippen LogP contribution in [0.15, 0.2) is 33.6 Å². The summed E-state index contributed by atoms with van der Waals surface area (Å²) >= 11 is 3.09. The Morgan fingerprint density at radius 3 is 2.31 bits per heavy atom. The van der Waals surface area contributed by atoms with E-state index >= 15 is 0 Å². The zero-order valence-corrected chi connectivity index (χ0v) is 10.9. The first kappa shape index (κ1) is 13.1. The first-order valence-corrected chi connectivity index (χ1v) is 6.57. The van der Waals surface area contributed by atoms with Crippen molar-refractivity contribution in [3.63, 3.8) is 0 Å². The maximum atomic E-state index is 12.1. The maximum absolute atomic E-state index is 12.1. The second-order valence-corrected chi connectivity index (χ2v) is 6.55. The molecule has 1 rings (SSSR count). The molecule has 88 valence electrons. The molecule has 7 heteroatoms. The van der Waals surface area contributed by atoms with E-state index < -0.39 is 20.6 Å². The third-order valence-corrected chi connectivity index (χ3v) is 5.38. The fourth-order valence-corrected chi connectivity index (χ4v) is 3.25. The largest absolute Gasteiger partial charge is 0.367 e. The molecule has 0 radical (unpaired) electrons. The van der Waals surface area contributed by atoms with E-state index in [0.29, 0.717) is 4.47 Å². The zero-order chi connectivity index (χ0) is 12.6. The van der Waals surface area contributed by atoms with Gasteiger partial charge in [-0.2, -0.15) is 0 Å². The molecule has 0 saturated carbocycles. The number of carbonyl (C=O) groups excluding carboxylic acids is 1. The number of benzene rings is 1. The molecule has 4 N–H and O–H groups in total. The lowest BCUT2D eigenvalue weighted by Gasteiger charge is -2.21. The molecule has 0 heterocycles. The lowest BCUT2D eigenvalue weighted by molar-refractivity contribution is -0.120. The highest BCUT2D eigenvalue weighted by Gasteiger charge is 2.42. The fourth-order valence-electron chi connectivity index (χ4n) is 1.02. The van der Waals surface area contributed by atoms with E-state index in [1.54, 1.807) is 12.1 Å². The molecule has 0 aliphatic carbocycles. The highest BCUT2D eigenvalue weighted by atomic mass is 79.9. The Kier molecular flexibility index (Phi) is 3.41. The second-order valence-electron chi connectivity index (χ2n) is 3.41. The number of sulfone groups is 1. The summed E-state index contributed by atoms with van der Waals surface area (Å²) in [5, 5.41) is 0. The van der Waals surface area contributed by atoms with Crippen LogP contribution in [0, 0.1) is 0 Å². The molecule has 0 bridgehead atoms. The molecule has 0 aliphatic rings. The standard InChI is InChI=1S/C9H11BrN2O3S/c1-9(12,8(11)13)16(14,15)7-5-3-2-4-6(7)10/h2-5H,12H2,1H3,(H2,11,13)/t9-/m1/s1. The van der Waals surface area contributed by atoms with Gasteiger partial charge in [-0.05, 0) is 35.0 Å². The molecule has 0 fully saturated rings. The first-order valence-electron chi connectivity index (χ1n) is 4.29. The monoisotopic (exact) mass is 306 g/mol. The molecule has 16 heavy (non-hydrogen) atoms. The SMILES string of the molecule is C[C@](N)(C(N)=O)S(=O)(=O)c1ccccc1Br. The van der Waals surface area contributed by atoms with Crippen molar-refractivity contribution in [3.8, 4) is 0 Å². The van der Waals surface area contributed by atoms with E-state index in [2.05, 4.69) is 15.9 Å². The third-order valence-electron chi connectivity index (χ3n) is 2.17. The van der Waals surface area contributed by atoms with Crippen LogP contribution in [0.1, 0.15) is 6.92 Å². The van der Waals surface area contributed by atoms with E-state index in [4.69, 9.17) is 11.5 Å². The van der Waals surface area contributed by atoms with Crippen LogP contribution in [-0.2, 0) is 14.6 Å². The average Bonchev–Trinajstić information content (AvgIpc) is 2.17. The molecule has 1 aromatic carbocycles. The Labute approximate surface area is 102 Å². The maximum Gasteiger partial charge on any atom is 0.253 e. The average molecular weight is 307 g/mol. The number of primary amides is 1. The molecule has 1 atom stereocenters. The highest BCUT2D eigenvalue weighted by Crippen LogP contribution is 2.27. The molecule has 0 saturated heterocycles. The van der Waals surface area contributed by atoms with Crippen molar-refractivity contribution >= 4 is 31.7 Å². The highest BCUT2D eigenvalue weighted by molar-refractivity contribution is 9.10. The fraction of sp³-hybridized carbons (Fsp3) is 0.222. The van der Waals surface area contributed by atoms with Gasteiger partial charge in [0.15, 0.2) is 4.87 Å². The van der Waals surface area contributed by atoms with Gasteiger partial charge in [-0.25, -0.2) is 8.42 Å². The number of rotatable bonds is 3. The quantitative estimate of drug-likeness (QED) is 0.842. The molecule has 1 aromatic rings. The minimum Gasteiger partial charge on any atom is -0.367 e. The summed E-state index contributed by atoms with van der Waals surface area (Å²) in [5.74, 6) is -1.09. The summed E-state index contributed by atoms with van der Waals surface area (Å²) in [7, 11) is -4.01. The van der Waals surface area contributed by atoms with Gasteiger partial charge in [0, 0.05) is 4.47 Å². The van der Waals surface area contributed by atoms with Crippen LogP contribution in [0.4, 0.5) is 0 Å². The predicted octanol–water partition coefficient (Wildman–Crippen LogP) is 0.383. The van der Waals surface area contributed by atoms with E-state index in [0.717, 1.165) is 6.92 Å². The smallest absolute Gasteiger partial charge is 0.253 e. The van der Waals surface area contributed by atoms with E-state index in [1.165, 1.54) is 12.1 Å². The molecular formula is C9H11BrN2O3S. The van der Waals surface area contributed by atoms with Crippen LogP contribution >= 0.6 is 15.9 Å². The molecule has 1 amide bonds. The molecule has 0 unspecified atom stereocenters. The molecule has 0 aliphatic heterocycles. The van der Waals surface area contributed by atoms with Crippen LogP contribution in [0.5, 0.6) is 0 Å². The summed E-state index contributed by atoms with van der Waals surface area (Å²) in [6.45, 7) is 1.07. The van der Waals surface area contributed by atoms with Gasteiger partial charge >= 0.3 is 0 Å². The van der Waals surface area contributed by atoms with E-state index in [9.17, 15) is 13.2 Å². The molecular weight excluding hydrogens is 296 g/mol. The lowest BCUT2D eigenvalue weighted by atomic mass is 10.3. The number of halogens is 1.